The lowest BCUT2D eigenvalue weighted by molar-refractivity contribution is 0.338. The van der Waals surface area contributed by atoms with Crippen LogP contribution in [0.5, 0.6) is 0 Å². The van der Waals surface area contributed by atoms with Gasteiger partial charge in [0.05, 0.1) is 15.5 Å². The van der Waals surface area contributed by atoms with Crippen molar-refractivity contribution in [3.05, 3.63) is 22.4 Å². The number of aromatic nitrogens is 2. The van der Waals surface area contributed by atoms with E-state index in [1.165, 1.54) is 6.07 Å². The highest BCUT2D eigenvalue weighted by Gasteiger charge is 2.11. The number of imidazole rings is 1. The van der Waals surface area contributed by atoms with Gasteiger partial charge in [0, 0.05) is 19.2 Å². The molecule has 0 aliphatic rings. The average molecular weight is 315 g/mol. The third-order valence-corrected chi connectivity index (χ3v) is 3.67. The third kappa shape index (κ3) is 2.49. The van der Waals surface area contributed by atoms with Crippen LogP contribution in [-0.4, -0.2) is 34.6 Å². The van der Waals surface area contributed by atoms with E-state index in [9.17, 15) is 4.39 Å². The van der Waals surface area contributed by atoms with Crippen LogP contribution in [0.4, 0.5) is 10.3 Å². The molecule has 6 heteroatoms. The van der Waals surface area contributed by atoms with Crippen molar-refractivity contribution >= 4 is 32.9 Å². The number of fused-ring (bicyclic) bond motifs is 1. The number of likely N-dealkylation sites (N-methyl/N-ethyl adjacent to an activating group) is 1. The van der Waals surface area contributed by atoms with Gasteiger partial charge in [0.2, 0.25) is 5.95 Å². The van der Waals surface area contributed by atoms with Gasteiger partial charge in [-0.1, -0.05) is 6.92 Å². The van der Waals surface area contributed by atoms with Gasteiger partial charge in [-0.2, -0.15) is 0 Å². The standard InChI is InChI=1S/C12H16BrFN4/c1-3-17(2)4-5-18-11-6-8(13)9(14)7-10(11)16-12(18)15/h6-7H,3-5H2,1-2H3,(H2,15,16). The van der Waals surface area contributed by atoms with Gasteiger partial charge in [-0.25, -0.2) is 9.37 Å². The number of nitrogen functional groups attached to an aromatic ring is 1. The summed E-state index contributed by atoms with van der Waals surface area (Å²) in [5.41, 5.74) is 7.32. The van der Waals surface area contributed by atoms with Crippen LogP contribution in [0.15, 0.2) is 16.6 Å². The number of hydrogen-bond acceptors (Lipinski definition) is 3. The molecule has 0 amide bonds. The highest BCUT2D eigenvalue weighted by molar-refractivity contribution is 9.10. The van der Waals surface area contributed by atoms with Crippen molar-refractivity contribution in [2.24, 2.45) is 0 Å². The number of nitrogens with zero attached hydrogens (tertiary/aromatic N) is 3. The number of anilines is 1. The fourth-order valence-corrected chi connectivity index (χ4v) is 2.13. The van der Waals surface area contributed by atoms with Gasteiger partial charge in [0.1, 0.15) is 5.82 Å². The molecule has 0 aliphatic carbocycles. The number of halogens is 2. The monoisotopic (exact) mass is 314 g/mol. The molecule has 0 saturated carbocycles. The molecule has 0 aliphatic heterocycles. The van der Waals surface area contributed by atoms with Crippen molar-refractivity contribution in [2.75, 3.05) is 25.9 Å². The van der Waals surface area contributed by atoms with Crippen molar-refractivity contribution in [1.82, 2.24) is 14.5 Å². The smallest absolute Gasteiger partial charge is 0.201 e. The minimum absolute atomic E-state index is 0.321. The summed E-state index contributed by atoms with van der Waals surface area (Å²) < 4.78 is 15.8. The van der Waals surface area contributed by atoms with E-state index < -0.39 is 0 Å². The van der Waals surface area contributed by atoms with Gasteiger partial charge >= 0.3 is 0 Å². The number of hydrogen-bond donors (Lipinski definition) is 1. The quantitative estimate of drug-likeness (QED) is 0.943. The minimum Gasteiger partial charge on any atom is -0.369 e. The maximum atomic E-state index is 13.4. The van der Waals surface area contributed by atoms with Gasteiger partial charge < -0.3 is 15.2 Å². The summed E-state index contributed by atoms with van der Waals surface area (Å²) in [7, 11) is 2.05. The van der Waals surface area contributed by atoms with E-state index in [2.05, 4.69) is 32.7 Å². The zero-order chi connectivity index (χ0) is 13.3. The van der Waals surface area contributed by atoms with Gasteiger partial charge in [-0.05, 0) is 35.6 Å². The zero-order valence-corrected chi connectivity index (χ0v) is 12.0. The molecule has 0 spiro atoms. The molecular weight excluding hydrogens is 299 g/mol. The van der Waals surface area contributed by atoms with E-state index in [0.717, 1.165) is 25.2 Å². The summed E-state index contributed by atoms with van der Waals surface area (Å²) in [6.45, 7) is 4.69. The molecule has 1 heterocycles. The number of benzene rings is 1. The topological polar surface area (TPSA) is 47.1 Å². The van der Waals surface area contributed by atoms with Crippen LogP contribution in [-0.2, 0) is 6.54 Å². The second-order valence-electron chi connectivity index (χ2n) is 4.27. The van der Waals surface area contributed by atoms with Crippen LogP contribution in [0.1, 0.15) is 6.92 Å². The second kappa shape index (κ2) is 5.24. The summed E-state index contributed by atoms with van der Waals surface area (Å²) in [6, 6.07) is 3.12. The first kappa shape index (κ1) is 13.3. The first-order valence-electron chi connectivity index (χ1n) is 5.82. The Morgan fingerprint density at radius 1 is 1.50 bits per heavy atom. The van der Waals surface area contributed by atoms with Crippen molar-refractivity contribution in [1.29, 1.82) is 0 Å². The normalized spacial score (nSPS) is 11.6. The van der Waals surface area contributed by atoms with Gasteiger partial charge in [0.15, 0.2) is 0 Å². The van der Waals surface area contributed by atoms with Crippen molar-refractivity contribution < 1.29 is 4.39 Å². The maximum Gasteiger partial charge on any atom is 0.201 e. The lowest BCUT2D eigenvalue weighted by Gasteiger charge is -2.15. The largest absolute Gasteiger partial charge is 0.369 e. The van der Waals surface area contributed by atoms with Crippen LogP contribution >= 0.6 is 15.9 Å². The van der Waals surface area contributed by atoms with E-state index in [-0.39, 0.29) is 5.82 Å². The number of nitrogens with two attached hydrogens (primary N) is 1. The Labute approximate surface area is 114 Å². The maximum absolute atomic E-state index is 13.4. The average Bonchev–Trinajstić information content (AvgIpc) is 2.62. The first-order chi connectivity index (χ1) is 8.52. The Morgan fingerprint density at radius 3 is 2.89 bits per heavy atom. The molecule has 0 radical (unpaired) electrons. The Morgan fingerprint density at radius 2 is 2.22 bits per heavy atom. The molecular formula is C12H16BrFN4. The van der Waals surface area contributed by atoms with Crippen LogP contribution in [0.2, 0.25) is 0 Å². The SMILES string of the molecule is CCN(C)CCn1c(N)nc2cc(F)c(Br)cc21. The summed E-state index contributed by atoms with van der Waals surface area (Å²) in [6.07, 6.45) is 0. The molecule has 2 N–H and O–H groups in total. The van der Waals surface area contributed by atoms with Crippen LogP contribution in [0, 0.1) is 5.82 Å². The summed E-state index contributed by atoms with van der Waals surface area (Å²) >= 11 is 3.19. The lowest BCUT2D eigenvalue weighted by Crippen LogP contribution is -2.23. The highest BCUT2D eigenvalue weighted by atomic mass is 79.9. The molecule has 1 aromatic carbocycles. The van der Waals surface area contributed by atoms with Gasteiger partial charge in [-0.3, -0.25) is 0 Å². The fourth-order valence-electron chi connectivity index (χ4n) is 1.80. The summed E-state index contributed by atoms with van der Waals surface area (Å²) in [5, 5.41) is 0. The fraction of sp³-hybridized carbons (Fsp3) is 0.417. The molecule has 4 nitrogen and oxygen atoms in total. The van der Waals surface area contributed by atoms with Crippen LogP contribution in [0.25, 0.3) is 11.0 Å². The third-order valence-electron chi connectivity index (χ3n) is 3.06. The predicted octanol–water partition coefficient (Wildman–Crippen LogP) is 2.47. The molecule has 18 heavy (non-hydrogen) atoms. The predicted molar refractivity (Wildman–Crippen MR) is 75.0 cm³/mol. The highest BCUT2D eigenvalue weighted by Crippen LogP contribution is 2.25. The number of rotatable bonds is 4. The Balaban J connectivity index is 2.37. The molecule has 0 atom stereocenters. The minimum atomic E-state index is -0.321. The summed E-state index contributed by atoms with van der Waals surface area (Å²) in [5.74, 6) is 0.102. The summed E-state index contributed by atoms with van der Waals surface area (Å²) in [4.78, 5) is 6.36. The zero-order valence-electron chi connectivity index (χ0n) is 10.5. The molecule has 98 valence electrons. The van der Waals surface area contributed by atoms with E-state index in [1.54, 1.807) is 6.07 Å². The molecule has 2 rings (SSSR count). The molecule has 1 aromatic heterocycles. The lowest BCUT2D eigenvalue weighted by atomic mass is 10.3. The molecule has 2 aromatic rings. The van der Waals surface area contributed by atoms with Crippen molar-refractivity contribution in [3.63, 3.8) is 0 Å². The van der Waals surface area contributed by atoms with Gasteiger partial charge in [0.25, 0.3) is 0 Å². The van der Waals surface area contributed by atoms with Crippen LogP contribution in [0.3, 0.4) is 0 Å². The molecule has 0 fully saturated rings. The van der Waals surface area contributed by atoms with E-state index in [4.69, 9.17) is 5.73 Å². The van der Waals surface area contributed by atoms with E-state index in [1.807, 2.05) is 11.6 Å². The molecule has 0 unspecified atom stereocenters. The van der Waals surface area contributed by atoms with E-state index in [0.29, 0.717) is 15.9 Å². The van der Waals surface area contributed by atoms with Gasteiger partial charge in [-0.15, -0.1) is 0 Å². The van der Waals surface area contributed by atoms with E-state index >= 15 is 0 Å². The van der Waals surface area contributed by atoms with Crippen LogP contribution < -0.4 is 5.73 Å². The molecule has 0 bridgehead atoms. The van der Waals surface area contributed by atoms with Crippen molar-refractivity contribution in [3.8, 4) is 0 Å². The van der Waals surface area contributed by atoms with Crippen molar-refractivity contribution in [2.45, 2.75) is 13.5 Å². The second-order valence-corrected chi connectivity index (χ2v) is 5.13. The molecule has 0 saturated heterocycles. The Bertz CT molecular complexity index is 567. The first-order valence-corrected chi connectivity index (χ1v) is 6.61. The Hall–Kier alpha value is -1.14. The Kier molecular flexibility index (Phi) is 3.87.